The Morgan fingerprint density at radius 1 is 1.17 bits per heavy atom. The highest BCUT2D eigenvalue weighted by molar-refractivity contribution is 7.97. The van der Waals surface area contributed by atoms with Gasteiger partial charge >= 0.3 is 0 Å². The van der Waals surface area contributed by atoms with Crippen LogP contribution in [0.15, 0.2) is 41.6 Å². The summed E-state index contributed by atoms with van der Waals surface area (Å²) in [7, 11) is 7.09. The first kappa shape index (κ1) is 21.0. The molecule has 0 atom stereocenters. The summed E-state index contributed by atoms with van der Waals surface area (Å²) in [5.41, 5.74) is 1.77. The third-order valence-electron chi connectivity index (χ3n) is 3.96. The lowest BCUT2D eigenvalue weighted by Gasteiger charge is -2.17. The fourth-order valence-corrected chi connectivity index (χ4v) is 4.26. The van der Waals surface area contributed by atoms with Crippen LogP contribution in [0.2, 0.25) is 0 Å². The van der Waals surface area contributed by atoms with E-state index in [1.165, 1.54) is 28.0 Å². The molecule has 8 nitrogen and oxygen atoms in total. The van der Waals surface area contributed by atoms with Gasteiger partial charge < -0.3 is 9.47 Å². The average molecular weight is 431 g/mol. The normalized spacial score (nSPS) is 10.9. The van der Waals surface area contributed by atoms with Crippen LogP contribution in [0.4, 0.5) is 0 Å². The molecule has 0 aliphatic rings. The number of rotatable bonds is 7. The van der Waals surface area contributed by atoms with Crippen molar-refractivity contribution in [2.24, 2.45) is 0 Å². The SMILES string of the molecule is COc1cc(CC(=N)n2nc(-c3ccncc3)sc2=N)c(SN(C)C)cc1OC. The largest absolute Gasteiger partial charge is 0.493 e. The summed E-state index contributed by atoms with van der Waals surface area (Å²) in [5, 5.41) is 22.0. The van der Waals surface area contributed by atoms with E-state index < -0.39 is 0 Å². The Kier molecular flexibility index (Phi) is 6.68. The topological polar surface area (TPSA) is 100 Å². The summed E-state index contributed by atoms with van der Waals surface area (Å²) in [5.74, 6) is 1.44. The van der Waals surface area contributed by atoms with Gasteiger partial charge in [0.25, 0.3) is 0 Å². The fourth-order valence-electron chi connectivity index (χ4n) is 2.66. The Balaban J connectivity index is 1.94. The Labute approximate surface area is 177 Å². The Morgan fingerprint density at radius 2 is 1.83 bits per heavy atom. The van der Waals surface area contributed by atoms with E-state index in [1.807, 2.05) is 42.7 Å². The highest BCUT2D eigenvalue weighted by Crippen LogP contribution is 2.36. The molecule has 0 unspecified atom stereocenters. The predicted molar refractivity (Wildman–Crippen MR) is 115 cm³/mol. The van der Waals surface area contributed by atoms with Gasteiger partial charge in [0.05, 0.1) is 14.2 Å². The van der Waals surface area contributed by atoms with Crippen LogP contribution >= 0.6 is 23.3 Å². The van der Waals surface area contributed by atoms with Gasteiger partial charge in [-0.1, -0.05) is 11.3 Å². The third-order valence-corrected chi connectivity index (χ3v) is 5.78. The van der Waals surface area contributed by atoms with Gasteiger partial charge in [-0.2, -0.15) is 9.78 Å². The zero-order valence-electron chi connectivity index (χ0n) is 16.6. The van der Waals surface area contributed by atoms with Gasteiger partial charge in [0.15, 0.2) is 11.5 Å². The van der Waals surface area contributed by atoms with Crippen molar-refractivity contribution < 1.29 is 9.47 Å². The van der Waals surface area contributed by atoms with Gasteiger partial charge in [-0.05, 0) is 55.9 Å². The lowest BCUT2D eigenvalue weighted by Crippen LogP contribution is -2.25. The lowest BCUT2D eigenvalue weighted by molar-refractivity contribution is 0.353. The maximum Gasteiger partial charge on any atom is 0.206 e. The zero-order chi connectivity index (χ0) is 21.0. The molecule has 3 aromatic rings. The average Bonchev–Trinajstić information content (AvgIpc) is 3.11. The molecule has 0 saturated carbocycles. The first-order valence-electron chi connectivity index (χ1n) is 8.66. The zero-order valence-corrected chi connectivity index (χ0v) is 18.2. The number of hydrogen-bond donors (Lipinski definition) is 2. The van der Waals surface area contributed by atoms with E-state index in [9.17, 15) is 0 Å². The Morgan fingerprint density at radius 3 is 2.45 bits per heavy atom. The predicted octanol–water partition coefficient (Wildman–Crippen LogP) is 3.14. The number of pyridine rings is 1. The minimum absolute atomic E-state index is 0.198. The van der Waals surface area contributed by atoms with Crippen LogP contribution in [0, 0.1) is 10.8 Å². The number of ether oxygens (including phenoxy) is 2. The lowest BCUT2D eigenvalue weighted by atomic mass is 10.1. The van der Waals surface area contributed by atoms with E-state index in [0.717, 1.165) is 16.0 Å². The van der Waals surface area contributed by atoms with E-state index in [2.05, 4.69) is 10.1 Å². The first-order valence-corrected chi connectivity index (χ1v) is 10.2. The number of nitrogens with zero attached hydrogens (tertiary/aromatic N) is 4. The molecule has 0 amide bonds. The molecule has 0 aliphatic heterocycles. The number of aromatic nitrogens is 3. The van der Waals surface area contributed by atoms with Crippen LogP contribution in [0.5, 0.6) is 11.5 Å². The highest BCUT2D eigenvalue weighted by Gasteiger charge is 2.17. The van der Waals surface area contributed by atoms with Crippen molar-refractivity contribution in [2.75, 3.05) is 28.3 Å². The van der Waals surface area contributed by atoms with Crippen molar-refractivity contribution in [2.45, 2.75) is 11.3 Å². The van der Waals surface area contributed by atoms with Gasteiger partial charge in [0, 0.05) is 29.3 Å². The Hall–Kier alpha value is -2.69. The Bertz CT molecular complexity index is 1060. The molecule has 0 fully saturated rings. The molecule has 0 saturated heterocycles. The van der Waals surface area contributed by atoms with Crippen molar-refractivity contribution in [3.05, 3.63) is 47.0 Å². The second-order valence-electron chi connectivity index (χ2n) is 6.20. The highest BCUT2D eigenvalue weighted by atomic mass is 32.2. The summed E-state index contributed by atoms with van der Waals surface area (Å²) >= 11 is 2.76. The first-order chi connectivity index (χ1) is 13.9. The van der Waals surface area contributed by atoms with Crippen LogP contribution in [0.25, 0.3) is 10.6 Å². The summed E-state index contributed by atoms with van der Waals surface area (Å²) in [6, 6.07) is 7.46. The van der Waals surface area contributed by atoms with Gasteiger partial charge in [-0.15, -0.1) is 0 Å². The standard InChI is InChI=1S/C19H22N6O2S2/c1-24(2)29-16-11-15(27-4)14(26-3)9-13(16)10-17(20)25-19(21)28-18(23-25)12-5-7-22-8-6-12/h5-9,11,20-21H,10H2,1-4H3. The number of methoxy groups -OCH3 is 2. The minimum Gasteiger partial charge on any atom is -0.493 e. The number of hydrogen-bond acceptors (Lipinski definition) is 9. The van der Waals surface area contributed by atoms with Crippen LogP contribution in [-0.4, -0.2) is 53.2 Å². The molecule has 2 aromatic heterocycles. The summed E-state index contributed by atoms with van der Waals surface area (Å²) in [6.07, 6.45) is 3.67. The van der Waals surface area contributed by atoms with Gasteiger partial charge in [-0.25, -0.2) is 0 Å². The van der Waals surface area contributed by atoms with E-state index in [1.54, 1.807) is 26.6 Å². The van der Waals surface area contributed by atoms with Crippen molar-refractivity contribution >= 4 is 29.1 Å². The van der Waals surface area contributed by atoms with Crippen molar-refractivity contribution in [3.63, 3.8) is 0 Å². The van der Waals surface area contributed by atoms with Gasteiger partial charge in [0.2, 0.25) is 4.80 Å². The second kappa shape index (κ2) is 9.21. The number of benzene rings is 1. The maximum absolute atomic E-state index is 8.57. The molecular formula is C19H22N6O2S2. The van der Waals surface area contributed by atoms with E-state index in [4.69, 9.17) is 20.3 Å². The molecule has 0 bridgehead atoms. The summed E-state index contributed by atoms with van der Waals surface area (Å²) in [6.45, 7) is 0. The van der Waals surface area contributed by atoms with Crippen LogP contribution < -0.4 is 14.3 Å². The molecule has 3 rings (SSSR count). The number of nitrogens with one attached hydrogen (secondary N) is 2. The molecule has 1 aromatic carbocycles. The monoisotopic (exact) mass is 430 g/mol. The van der Waals surface area contributed by atoms with Crippen LogP contribution in [0.3, 0.4) is 0 Å². The van der Waals surface area contributed by atoms with Crippen molar-refractivity contribution in [1.82, 2.24) is 19.1 Å². The van der Waals surface area contributed by atoms with Gasteiger partial charge in [0.1, 0.15) is 10.8 Å². The molecule has 152 valence electrons. The fraction of sp³-hybridized carbons (Fsp3) is 0.263. The molecular weight excluding hydrogens is 408 g/mol. The summed E-state index contributed by atoms with van der Waals surface area (Å²) in [4.78, 5) is 5.16. The minimum atomic E-state index is 0.198. The van der Waals surface area contributed by atoms with Gasteiger partial charge in [-0.3, -0.25) is 20.1 Å². The molecule has 29 heavy (non-hydrogen) atoms. The van der Waals surface area contributed by atoms with E-state index in [-0.39, 0.29) is 10.6 Å². The van der Waals surface area contributed by atoms with Crippen molar-refractivity contribution in [3.8, 4) is 22.1 Å². The molecule has 2 heterocycles. The van der Waals surface area contributed by atoms with Crippen LogP contribution in [0.1, 0.15) is 5.56 Å². The van der Waals surface area contributed by atoms with Crippen LogP contribution in [-0.2, 0) is 6.42 Å². The van der Waals surface area contributed by atoms with Crippen molar-refractivity contribution in [1.29, 1.82) is 10.8 Å². The third kappa shape index (κ3) is 4.84. The molecule has 10 heteroatoms. The quantitative estimate of drug-likeness (QED) is 0.339. The smallest absolute Gasteiger partial charge is 0.206 e. The molecule has 0 radical (unpaired) electrons. The molecule has 2 N–H and O–H groups in total. The summed E-state index contributed by atoms with van der Waals surface area (Å²) < 4.78 is 14.2. The molecule has 0 aliphatic carbocycles. The van der Waals surface area contributed by atoms with E-state index in [0.29, 0.717) is 22.9 Å². The second-order valence-corrected chi connectivity index (χ2v) is 8.53. The van der Waals surface area contributed by atoms with E-state index >= 15 is 0 Å². The molecule has 0 spiro atoms. The maximum atomic E-state index is 8.57.